The van der Waals surface area contributed by atoms with Crippen LogP contribution in [0.5, 0.6) is 6.01 Å². The van der Waals surface area contributed by atoms with Crippen LogP contribution in [0.3, 0.4) is 0 Å². The number of methoxy groups -OCH3 is 1. The lowest BCUT2D eigenvalue weighted by molar-refractivity contribution is 0.379. The SMILES string of the molecule is CNc1nc(Nc2ccc(C#N)c(C#N)c2)nc(OC)n1. The Morgan fingerprint density at radius 3 is 2.38 bits per heavy atom. The van der Waals surface area contributed by atoms with Gasteiger partial charge in [0.2, 0.25) is 11.9 Å². The summed E-state index contributed by atoms with van der Waals surface area (Å²) in [6.07, 6.45) is 0. The minimum atomic E-state index is 0.158. The molecule has 0 unspecified atom stereocenters. The number of hydrogen-bond donors (Lipinski definition) is 2. The second kappa shape index (κ2) is 6.17. The molecule has 0 aliphatic carbocycles. The van der Waals surface area contributed by atoms with E-state index >= 15 is 0 Å². The van der Waals surface area contributed by atoms with Crippen LogP contribution in [0.15, 0.2) is 18.2 Å². The van der Waals surface area contributed by atoms with Gasteiger partial charge in [-0.1, -0.05) is 0 Å². The van der Waals surface area contributed by atoms with E-state index in [1.165, 1.54) is 7.11 Å². The number of nitrogens with zero attached hydrogens (tertiary/aromatic N) is 5. The van der Waals surface area contributed by atoms with Crippen molar-refractivity contribution in [2.75, 3.05) is 24.8 Å². The molecule has 0 atom stereocenters. The fourth-order valence-corrected chi connectivity index (χ4v) is 1.56. The molecular formula is C13H11N7O. The topological polar surface area (TPSA) is 120 Å². The zero-order valence-electron chi connectivity index (χ0n) is 11.4. The van der Waals surface area contributed by atoms with Crippen molar-refractivity contribution in [1.29, 1.82) is 10.5 Å². The minimum Gasteiger partial charge on any atom is -0.467 e. The molecule has 1 aromatic carbocycles. The number of rotatable bonds is 4. The zero-order valence-corrected chi connectivity index (χ0v) is 11.4. The summed E-state index contributed by atoms with van der Waals surface area (Å²) in [6.45, 7) is 0. The van der Waals surface area contributed by atoms with Gasteiger partial charge in [0, 0.05) is 12.7 Å². The molecule has 8 heteroatoms. The Morgan fingerprint density at radius 1 is 1.05 bits per heavy atom. The maximum atomic E-state index is 9.00. The van der Waals surface area contributed by atoms with Crippen molar-refractivity contribution < 1.29 is 4.74 Å². The summed E-state index contributed by atoms with van der Waals surface area (Å²) < 4.78 is 4.98. The van der Waals surface area contributed by atoms with Crippen LogP contribution >= 0.6 is 0 Å². The summed E-state index contributed by atoms with van der Waals surface area (Å²) in [6, 6.07) is 8.84. The molecule has 2 N–H and O–H groups in total. The van der Waals surface area contributed by atoms with E-state index < -0.39 is 0 Å². The largest absolute Gasteiger partial charge is 0.467 e. The highest BCUT2D eigenvalue weighted by molar-refractivity contribution is 5.61. The van der Waals surface area contributed by atoms with E-state index in [0.717, 1.165) is 0 Å². The van der Waals surface area contributed by atoms with Gasteiger partial charge in [0.15, 0.2) is 0 Å². The predicted octanol–water partition coefficient (Wildman–Crippen LogP) is 1.41. The average Bonchev–Trinajstić information content (AvgIpc) is 2.54. The number of nitrogens with one attached hydrogen (secondary N) is 2. The van der Waals surface area contributed by atoms with Gasteiger partial charge in [0.1, 0.15) is 12.1 Å². The third kappa shape index (κ3) is 3.14. The monoisotopic (exact) mass is 281 g/mol. The lowest BCUT2D eigenvalue weighted by Crippen LogP contribution is -2.05. The molecule has 2 rings (SSSR count). The summed E-state index contributed by atoms with van der Waals surface area (Å²) in [4.78, 5) is 12.2. The first-order chi connectivity index (χ1) is 10.2. The molecular weight excluding hydrogens is 270 g/mol. The van der Waals surface area contributed by atoms with E-state index in [-0.39, 0.29) is 17.5 Å². The Kier molecular flexibility index (Phi) is 4.12. The van der Waals surface area contributed by atoms with Crippen molar-refractivity contribution in [3.63, 3.8) is 0 Å². The van der Waals surface area contributed by atoms with Crippen molar-refractivity contribution in [1.82, 2.24) is 15.0 Å². The molecule has 0 saturated carbocycles. The lowest BCUT2D eigenvalue weighted by atomic mass is 10.1. The summed E-state index contributed by atoms with van der Waals surface area (Å²) in [5, 5.41) is 23.6. The van der Waals surface area contributed by atoms with Crippen LogP contribution in [0.1, 0.15) is 11.1 Å². The number of nitriles is 2. The zero-order chi connectivity index (χ0) is 15.2. The highest BCUT2D eigenvalue weighted by Crippen LogP contribution is 2.19. The van der Waals surface area contributed by atoms with Gasteiger partial charge in [-0.2, -0.15) is 25.5 Å². The highest BCUT2D eigenvalue weighted by Gasteiger charge is 2.08. The summed E-state index contributed by atoms with van der Waals surface area (Å²) in [7, 11) is 3.13. The van der Waals surface area contributed by atoms with Crippen molar-refractivity contribution in [2.45, 2.75) is 0 Å². The Balaban J connectivity index is 2.34. The first-order valence-electron chi connectivity index (χ1n) is 5.89. The molecule has 0 radical (unpaired) electrons. The van der Waals surface area contributed by atoms with Gasteiger partial charge in [-0.15, -0.1) is 0 Å². The van der Waals surface area contributed by atoms with Gasteiger partial charge in [-0.05, 0) is 18.2 Å². The van der Waals surface area contributed by atoms with Gasteiger partial charge < -0.3 is 15.4 Å². The second-order valence-corrected chi connectivity index (χ2v) is 3.83. The van der Waals surface area contributed by atoms with Crippen LogP contribution in [0.4, 0.5) is 17.6 Å². The van der Waals surface area contributed by atoms with Crippen LogP contribution in [0.2, 0.25) is 0 Å². The fraction of sp³-hybridized carbons (Fsp3) is 0.154. The first kappa shape index (κ1) is 14.0. The van der Waals surface area contributed by atoms with Gasteiger partial charge in [0.25, 0.3) is 0 Å². The Labute approximate surface area is 121 Å². The molecule has 1 aromatic heterocycles. The summed E-state index contributed by atoms with van der Waals surface area (Å²) in [5.74, 6) is 0.610. The third-order valence-electron chi connectivity index (χ3n) is 2.54. The number of ether oxygens (including phenoxy) is 1. The fourth-order valence-electron chi connectivity index (χ4n) is 1.56. The van der Waals surface area contributed by atoms with Crippen molar-refractivity contribution in [2.24, 2.45) is 0 Å². The van der Waals surface area contributed by atoms with Crippen molar-refractivity contribution >= 4 is 17.6 Å². The van der Waals surface area contributed by atoms with Crippen LogP contribution in [0.25, 0.3) is 0 Å². The van der Waals surface area contributed by atoms with Crippen LogP contribution in [-0.4, -0.2) is 29.1 Å². The van der Waals surface area contributed by atoms with Crippen molar-refractivity contribution in [3.8, 4) is 18.1 Å². The van der Waals surface area contributed by atoms with Gasteiger partial charge in [-0.3, -0.25) is 0 Å². The molecule has 0 amide bonds. The van der Waals surface area contributed by atoms with E-state index in [4.69, 9.17) is 15.3 Å². The van der Waals surface area contributed by atoms with Gasteiger partial charge >= 0.3 is 6.01 Å². The molecule has 0 bridgehead atoms. The number of aromatic nitrogens is 3. The molecule has 0 aliphatic heterocycles. The normalized spacial score (nSPS) is 9.33. The second-order valence-electron chi connectivity index (χ2n) is 3.83. The van der Waals surface area contributed by atoms with Gasteiger partial charge in [0.05, 0.1) is 18.2 Å². The van der Waals surface area contributed by atoms with E-state index in [9.17, 15) is 0 Å². The van der Waals surface area contributed by atoms with Crippen LogP contribution < -0.4 is 15.4 Å². The molecule has 0 fully saturated rings. The molecule has 8 nitrogen and oxygen atoms in total. The Hall–Kier alpha value is -3.39. The summed E-state index contributed by atoms with van der Waals surface area (Å²) >= 11 is 0. The Morgan fingerprint density at radius 2 is 1.76 bits per heavy atom. The molecule has 2 aromatic rings. The molecule has 0 aliphatic rings. The average molecular weight is 281 g/mol. The highest BCUT2D eigenvalue weighted by atomic mass is 16.5. The maximum Gasteiger partial charge on any atom is 0.322 e. The minimum absolute atomic E-state index is 0.158. The molecule has 0 spiro atoms. The quantitative estimate of drug-likeness (QED) is 0.863. The van der Waals surface area contributed by atoms with E-state index in [1.54, 1.807) is 25.2 Å². The number of anilines is 3. The smallest absolute Gasteiger partial charge is 0.322 e. The van der Waals surface area contributed by atoms with Crippen LogP contribution in [0, 0.1) is 22.7 Å². The van der Waals surface area contributed by atoms with E-state index in [0.29, 0.717) is 17.2 Å². The molecule has 0 saturated heterocycles. The number of hydrogen-bond acceptors (Lipinski definition) is 8. The van der Waals surface area contributed by atoms with E-state index in [2.05, 4.69) is 25.6 Å². The van der Waals surface area contributed by atoms with Gasteiger partial charge in [-0.25, -0.2) is 0 Å². The Bertz CT molecular complexity index is 723. The lowest BCUT2D eigenvalue weighted by Gasteiger charge is -2.08. The maximum absolute atomic E-state index is 9.00. The summed E-state index contributed by atoms with van der Waals surface area (Å²) in [5.41, 5.74) is 1.17. The van der Waals surface area contributed by atoms with Crippen LogP contribution in [-0.2, 0) is 0 Å². The molecule has 21 heavy (non-hydrogen) atoms. The first-order valence-corrected chi connectivity index (χ1v) is 5.89. The third-order valence-corrected chi connectivity index (χ3v) is 2.54. The number of benzene rings is 1. The molecule has 104 valence electrons. The predicted molar refractivity (Wildman–Crippen MR) is 75.1 cm³/mol. The molecule has 1 heterocycles. The standard InChI is InChI=1S/C13H11N7O/c1-16-11-18-12(20-13(19-11)21-2)17-10-4-3-8(6-14)9(5-10)7-15/h3-5H,1-2H3,(H2,16,17,18,19,20). The van der Waals surface area contributed by atoms with Crippen molar-refractivity contribution in [3.05, 3.63) is 29.3 Å². The van der Waals surface area contributed by atoms with E-state index in [1.807, 2.05) is 12.1 Å².